The molecular weight excluding hydrogens is 250 g/mol. The van der Waals surface area contributed by atoms with Crippen molar-refractivity contribution in [1.82, 2.24) is 4.98 Å². The largest absolute Gasteiger partial charge is 0.474 e. The van der Waals surface area contributed by atoms with Crippen LogP contribution in [-0.2, 0) is 6.61 Å². The topological polar surface area (TPSA) is 42.4 Å². The fraction of sp³-hybridized carbons (Fsp3) is 0.706. The van der Waals surface area contributed by atoms with Gasteiger partial charge in [-0.15, -0.1) is 0 Å². The Kier molecular flexibility index (Phi) is 4.69. The van der Waals surface area contributed by atoms with E-state index >= 15 is 0 Å². The number of aliphatic hydroxyl groups is 1. The lowest BCUT2D eigenvalue weighted by molar-refractivity contribution is 0.0944. The van der Waals surface area contributed by atoms with Gasteiger partial charge in [-0.3, -0.25) is 0 Å². The van der Waals surface area contributed by atoms with Crippen molar-refractivity contribution in [2.24, 2.45) is 5.41 Å². The van der Waals surface area contributed by atoms with E-state index in [-0.39, 0.29) is 12.7 Å². The van der Waals surface area contributed by atoms with Crippen LogP contribution >= 0.6 is 0 Å². The van der Waals surface area contributed by atoms with Crippen molar-refractivity contribution in [3.8, 4) is 5.88 Å². The standard InChI is InChI=1S/C17H27NO2/c1-12(2)15-9-13(11-19)10-16(18-15)20-14-5-7-17(3,4)8-6-14/h9-10,12,14,19H,5-8,11H2,1-4H3. The van der Waals surface area contributed by atoms with Crippen molar-refractivity contribution >= 4 is 0 Å². The van der Waals surface area contributed by atoms with Gasteiger partial charge in [0.15, 0.2) is 0 Å². The minimum Gasteiger partial charge on any atom is -0.474 e. The average Bonchev–Trinajstić information content (AvgIpc) is 2.41. The molecule has 0 aliphatic heterocycles. The van der Waals surface area contributed by atoms with Crippen LogP contribution in [0.25, 0.3) is 0 Å². The summed E-state index contributed by atoms with van der Waals surface area (Å²) in [4.78, 5) is 4.58. The molecule has 0 bridgehead atoms. The van der Waals surface area contributed by atoms with Crippen molar-refractivity contribution in [3.05, 3.63) is 23.4 Å². The molecular formula is C17H27NO2. The first-order valence-corrected chi connectivity index (χ1v) is 7.68. The zero-order valence-corrected chi connectivity index (χ0v) is 13.1. The van der Waals surface area contributed by atoms with E-state index in [1.807, 2.05) is 12.1 Å². The Hall–Kier alpha value is -1.09. The predicted molar refractivity (Wildman–Crippen MR) is 80.9 cm³/mol. The number of ether oxygens (including phenoxy) is 1. The summed E-state index contributed by atoms with van der Waals surface area (Å²) in [6.45, 7) is 8.90. The normalized spacial score (nSPS) is 19.3. The van der Waals surface area contributed by atoms with E-state index in [4.69, 9.17) is 4.74 Å². The first kappa shape index (κ1) is 15.3. The number of aromatic nitrogens is 1. The van der Waals surface area contributed by atoms with E-state index in [1.54, 1.807) is 0 Å². The Balaban J connectivity index is 2.07. The quantitative estimate of drug-likeness (QED) is 0.903. The monoisotopic (exact) mass is 277 g/mol. The molecule has 1 heterocycles. The van der Waals surface area contributed by atoms with E-state index in [0.717, 1.165) is 24.1 Å². The number of nitrogens with zero attached hydrogens (tertiary/aromatic N) is 1. The van der Waals surface area contributed by atoms with E-state index in [9.17, 15) is 5.11 Å². The predicted octanol–water partition coefficient (Wildman–Crippen LogP) is 4.04. The smallest absolute Gasteiger partial charge is 0.214 e. The lowest BCUT2D eigenvalue weighted by atomic mass is 9.76. The van der Waals surface area contributed by atoms with Gasteiger partial charge in [0, 0.05) is 11.8 Å². The molecule has 0 atom stereocenters. The summed E-state index contributed by atoms with van der Waals surface area (Å²) in [6.07, 6.45) is 4.86. The molecule has 1 aliphatic rings. The lowest BCUT2D eigenvalue weighted by Crippen LogP contribution is -2.28. The number of aliphatic hydroxyl groups excluding tert-OH is 1. The molecule has 1 fully saturated rings. The Morgan fingerprint density at radius 2 is 1.95 bits per heavy atom. The lowest BCUT2D eigenvalue weighted by Gasteiger charge is -2.34. The maximum Gasteiger partial charge on any atom is 0.214 e. The minimum absolute atomic E-state index is 0.0380. The van der Waals surface area contributed by atoms with Crippen molar-refractivity contribution in [2.45, 2.75) is 72.0 Å². The molecule has 1 aromatic heterocycles. The molecule has 0 saturated heterocycles. The molecule has 0 radical (unpaired) electrons. The van der Waals surface area contributed by atoms with Gasteiger partial charge in [-0.05, 0) is 48.6 Å². The van der Waals surface area contributed by atoms with Crippen molar-refractivity contribution < 1.29 is 9.84 Å². The Morgan fingerprint density at radius 3 is 2.50 bits per heavy atom. The van der Waals surface area contributed by atoms with Gasteiger partial charge in [0.2, 0.25) is 5.88 Å². The molecule has 1 aliphatic carbocycles. The number of pyridine rings is 1. The summed E-state index contributed by atoms with van der Waals surface area (Å²) >= 11 is 0. The van der Waals surface area contributed by atoms with Gasteiger partial charge in [0.05, 0.1) is 6.61 Å². The third-order valence-electron chi connectivity index (χ3n) is 4.23. The maximum atomic E-state index is 9.36. The van der Waals surface area contributed by atoms with Crippen molar-refractivity contribution in [1.29, 1.82) is 0 Å². The molecule has 1 N–H and O–H groups in total. The summed E-state index contributed by atoms with van der Waals surface area (Å²) in [7, 11) is 0. The second-order valence-corrected chi connectivity index (χ2v) is 7.03. The van der Waals surface area contributed by atoms with Gasteiger partial charge in [-0.25, -0.2) is 4.98 Å². The first-order chi connectivity index (χ1) is 9.39. The van der Waals surface area contributed by atoms with Gasteiger partial charge in [0.1, 0.15) is 6.10 Å². The SMILES string of the molecule is CC(C)c1cc(CO)cc(OC2CCC(C)(C)CC2)n1. The molecule has 0 aromatic carbocycles. The summed E-state index contributed by atoms with van der Waals surface area (Å²) < 4.78 is 6.06. The molecule has 112 valence electrons. The molecule has 0 amide bonds. The highest BCUT2D eigenvalue weighted by Gasteiger charge is 2.28. The molecule has 0 unspecified atom stereocenters. The van der Waals surface area contributed by atoms with Gasteiger partial charge < -0.3 is 9.84 Å². The zero-order valence-electron chi connectivity index (χ0n) is 13.1. The van der Waals surface area contributed by atoms with Gasteiger partial charge in [0.25, 0.3) is 0 Å². The Labute approximate surface area is 122 Å². The fourth-order valence-electron chi connectivity index (χ4n) is 2.69. The molecule has 1 saturated carbocycles. The van der Waals surface area contributed by atoms with Crippen LogP contribution in [0.4, 0.5) is 0 Å². The van der Waals surface area contributed by atoms with Crippen LogP contribution in [0, 0.1) is 5.41 Å². The second kappa shape index (κ2) is 6.13. The van der Waals surface area contributed by atoms with Crippen LogP contribution in [-0.4, -0.2) is 16.2 Å². The minimum atomic E-state index is 0.0380. The molecule has 1 aromatic rings. The molecule has 20 heavy (non-hydrogen) atoms. The van der Waals surface area contributed by atoms with E-state index in [2.05, 4.69) is 32.7 Å². The van der Waals surface area contributed by atoms with Crippen LogP contribution in [0.2, 0.25) is 0 Å². The third-order valence-corrected chi connectivity index (χ3v) is 4.23. The average molecular weight is 277 g/mol. The highest BCUT2D eigenvalue weighted by atomic mass is 16.5. The summed E-state index contributed by atoms with van der Waals surface area (Å²) in [5.74, 6) is 1.01. The van der Waals surface area contributed by atoms with E-state index in [0.29, 0.717) is 17.2 Å². The fourth-order valence-corrected chi connectivity index (χ4v) is 2.69. The molecule has 0 spiro atoms. The maximum absolute atomic E-state index is 9.36. The van der Waals surface area contributed by atoms with E-state index < -0.39 is 0 Å². The highest BCUT2D eigenvalue weighted by molar-refractivity contribution is 5.26. The number of hydrogen-bond acceptors (Lipinski definition) is 3. The second-order valence-electron chi connectivity index (χ2n) is 7.03. The highest BCUT2D eigenvalue weighted by Crippen LogP contribution is 2.36. The zero-order chi connectivity index (χ0) is 14.8. The summed E-state index contributed by atoms with van der Waals surface area (Å²) in [5.41, 5.74) is 2.32. The van der Waals surface area contributed by atoms with Crippen LogP contribution < -0.4 is 4.74 Å². The van der Waals surface area contributed by atoms with Crippen LogP contribution in [0.1, 0.15) is 70.6 Å². The number of hydrogen-bond donors (Lipinski definition) is 1. The summed E-state index contributed by atoms with van der Waals surface area (Å²) in [5, 5.41) is 9.36. The Bertz CT molecular complexity index is 444. The molecule has 2 rings (SSSR count). The summed E-state index contributed by atoms with van der Waals surface area (Å²) in [6, 6.07) is 3.83. The third kappa shape index (κ3) is 3.95. The van der Waals surface area contributed by atoms with Gasteiger partial charge >= 0.3 is 0 Å². The van der Waals surface area contributed by atoms with Crippen molar-refractivity contribution in [2.75, 3.05) is 0 Å². The van der Waals surface area contributed by atoms with Crippen molar-refractivity contribution in [3.63, 3.8) is 0 Å². The van der Waals surface area contributed by atoms with Gasteiger partial charge in [-0.1, -0.05) is 27.7 Å². The molecule has 3 heteroatoms. The van der Waals surface area contributed by atoms with Gasteiger partial charge in [-0.2, -0.15) is 0 Å². The van der Waals surface area contributed by atoms with Crippen LogP contribution in [0.15, 0.2) is 12.1 Å². The van der Waals surface area contributed by atoms with Crippen LogP contribution in [0.3, 0.4) is 0 Å². The van der Waals surface area contributed by atoms with E-state index in [1.165, 1.54) is 12.8 Å². The molecule has 3 nitrogen and oxygen atoms in total. The number of rotatable bonds is 4. The van der Waals surface area contributed by atoms with Crippen LogP contribution in [0.5, 0.6) is 5.88 Å². The Morgan fingerprint density at radius 1 is 1.30 bits per heavy atom. The first-order valence-electron chi connectivity index (χ1n) is 7.68.